The second kappa shape index (κ2) is 8.63. The summed E-state index contributed by atoms with van der Waals surface area (Å²) in [6.07, 6.45) is 0.967. The number of rotatable bonds is 8. The Morgan fingerprint density at radius 1 is 1.43 bits per heavy atom. The van der Waals surface area contributed by atoms with Crippen LogP contribution >= 0.6 is 27.3 Å². The van der Waals surface area contributed by atoms with Crippen LogP contribution in [-0.4, -0.2) is 31.8 Å². The molecule has 0 spiro atoms. The van der Waals surface area contributed by atoms with Gasteiger partial charge in [-0.2, -0.15) is 0 Å². The Labute approximate surface area is 138 Å². The van der Waals surface area contributed by atoms with E-state index in [1.807, 2.05) is 6.92 Å². The third-order valence-electron chi connectivity index (χ3n) is 3.28. The fourth-order valence-electron chi connectivity index (χ4n) is 2.23. The van der Waals surface area contributed by atoms with Gasteiger partial charge in [-0.05, 0) is 24.6 Å². The molecule has 0 saturated carbocycles. The normalized spacial score (nSPS) is 12.5. The monoisotopic (exact) mass is 368 g/mol. The van der Waals surface area contributed by atoms with Crippen LogP contribution in [0.5, 0.6) is 0 Å². The van der Waals surface area contributed by atoms with Gasteiger partial charge in [0, 0.05) is 48.1 Å². The molecule has 1 N–H and O–H groups in total. The van der Waals surface area contributed by atoms with Crippen LogP contribution in [0.3, 0.4) is 0 Å². The highest BCUT2D eigenvalue weighted by Crippen LogP contribution is 2.24. The van der Waals surface area contributed by atoms with E-state index in [2.05, 4.69) is 55.9 Å². The highest BCUT2D eigenvalue weighted by molar-refractivity contribution is 9.10. The first-order valence-electron chi connectivity index (χ1n) is 7.05. The van der Waals surface area contributed by atoms with E-state index >= 15 is 0 Å². The molecule has 0 fully saturated rings. The lowest BCUT2D eigenvalue weighted by atomic mass is 9.96. The molecule has 21 heavy (non-hydrogen) atoms. The van der Waals surface area contributed by atoms with Crippen molar-refractivity contribution >= 4 is 27.3 Å². The number of halogens is 1. The first kappa shape index (κ1) is 16.6. The van der Waals surface area contributed by atoms with E-state index in [0.717, 1.165) is 36.3 Å². The topological polar surface area (TPSA) is 34.1 Å². The van der Waals surface area contributed by atoms with Crippen LogP contribution in [0.2, 0.25) is 0 Å². The van der Waals surface area contributed by atoms with Gasteiger partial charge in [0.1, 0.15) is 0 Å². The number of nitrogens with one attached hydrogen (secondary N) is 1. The molecule has 0 bridgehead atoms. The third-order valence-corrected chi connectivity index (χ3v) is 4.76. The van der Waals surface area contributed by atoms with Crippen LogP contribution in [0.4, 0.5) is 0 Å². The van der Waals surface area contributed by atoms with Crippen molar-refractivity contribution < 1.29 is 4.74 Å². The Kier molecular flexibility index (Phi) is 6.83. The average Bonchev–Trinajstić information content (AvgIpc) is 2.87. The number of nitrogens with zero attached hydrogens (tertiary/aromatic N) is 1. The largest absolute Gasteiger partial charge is 0.383 e. The van der Waals surface area contributed by atoms with E-state index in [1.165, 1.54) is 10.6 Å². The van der Waals surface area contributed by atoms with Gasteiger partial charge in [-0.15, -0.1) is 11.3 Å². The van der Waals surface area contributed by atoms with Crippen molar-refractivity contribution in [3.8, 4) is 0 Å². The van der Waals surface area contributed by atoms with Crippen molar-refractivity contribution in [2.24, 2.45) is 0 Å². The van der Waals surface area contributed by atoms with Crippen molar-refractivity contribution in [1.29, 1.82) is 0 Å². The Morgan fingerprint density at radius 3 is 2.95 bits per heavy atom. The Bertz CT molecular complexity index is 559. The van der Waals surface area contributed by atoms with Crippen molar-refractivity contribution in [2.75, 3.05) is 26.8 Å². The molecule has 2 aromatic rings. The molecule has 0 aliphatic carbocycles. The van der Waals surface area contributed by atoms with Gasteiger partial charge in [0.15, 0.2) is 0 Å². The third kappa shape index (κ3) is 5.51. The fourth-order valence-corrected chi connectivity index (χ4v) is 3.50. The molecule has 5 heteroatoms. The lowest BCUT2D eigenvalue weighted by Crippen LogP contribution is -2.26. The van der Waals surface area contributed by atoms with Gasteiger partial charge >= 0.3 is 0 Å². The first-order valence-corrected chi connectivity index (χ1v) is 8.72. The van der Waals surface area contributed by atoms with Crippen LogP contribution in [0.15, 0.2) is 34.1 Å². The Morgan fingerprint density at radius 2 is 2.29 bits per heavy atom. The van der Waals surface area contributed by atoms with Crippen molar-refractivity contribution in [2.45, 2.75) is 19.3 Å². The van der Waals surface area contributed by atoms with Gasteiger partial charge < -0.3 is 10.1 Å². The van der Waals surface area contributed by atoms with Crippen LogP contribution in [-0.2, 0) is 11.2 Å². The molecule has 1 unspecified atom stereocenters. The van der Waals surface area contributed by atoms with Gasteiger partial charge in [-0.3, -0.25) is 0 Å². The fraction of sp³-hybridized carbons (Fsp3) is 0.438. The number of aryl methyl sites for hydroxylation is 1. The SMILES string of the molecule is COCCNCC(Cc1nc(C)cs1)c1cccc(Br)c1. The molecule has 0 aliphatic heterocycles. The van der Waals surface area contributed by atoms with E-state index < -0.39 is 0 Å². The summed E-state index contributed by atoms with van der Waals surface area (Å²) in [5.74, 6) is 0.421. The maximum Gasteiger partial charge on any atom is 0.0934 e. The number of thiazole rings is 1. The van der Waals surface area contributed by atoms with Gasteiger partial charge in [0.25, 0.3) is 0 Å². The lowest BCUT2D eigenvalue weighted by molar-refractivity contribution is 0.199. The summed E-state index contributed by atoms with van der Waals surface area (Å²) in [7, 11) is 1.73. The molecule has 0 radical (unpaired) electrons. The van der Waals surface area contributed by atoms with E-state index in [4.69, 9.17) is 4.74 Å². The summed E-state index contributed by atoms with van der Waals surface area (Å²) < 4.78 is 6.21. The van der Waals surface area contributed by atoms with Crippen molar-refractivity contribution in [3.05, 3.63) is 50.4 Å². The smallest absolute Gasteiger partial charge is 0.0934 e. The molecule has 1 heterocycles. The molecule has 1 aromatic heterocycles. The highest BCUT2D eigenvalue weighted by atomic mass is 79.9. The number of hydrogen-bond donors (Lipinski definition) is 1. The molecular formula is C16H21BrN2OS. The van der Waals surface area contributed by atoms with Gasteiger partial charge in [0.2, 0.25) is 0 Å². The van der Waals surface area contributed by atoms with E-state index in [0.29, 0.717) is 5.92 Å². The van der Waals surface area contributed by atoms with Gasteiger partial charge in [-0.25, -0.2) is 4.98 Å². The van der Waals surface area contributed by atoms with Crippen LogP contribution in [0, 0.1) is 6.92 Å². The molecule has 1 atom stereocenters. The summed E-state index contributed by atoms with van der Waals surface area (Å²) in [6, 6.07) is 8.54. The zero-order valence-electron chi connectivity index (χ0n) is 12.4. The molecule has 0 saturated heterocycles. The first-order chi connectivity index (χ1) is 10.2. The van der Waals surface area contributed by atoms with E-state index in [-0.39, 0.29) is 0 Å². The van der Waals surface area contributed by atoms with E-state index in [9.17, 15) is 0 Å². The summed E-state index contributed by atoms with van der Waals surface area (Å²) in [6.45, 7) is 4.59. The highest BCUT2D eigenvalue weighted by Gasteiger charge is 2.14. The quantitative estimate of drug-likeness (QED) is 0.720. The van der Waals surface area contributed by atoms with Crippen LogP contribution in [0.25, 0.3) is 0 Å². The zero-order chi connectivity index (χ0) is 15.1. The zero-order valence-corrected chi connectivity index (χ0v) is 14.8. The number of aromatic nitrogens is 1. The molecular weight excluding hydrogens is 348 g/mol. The lowest BCUT2D eigenvalue weighted by Gasteiger charge is -2.17. The van der Waals surface area contributed by atoms with Crippen molar-refractivity contribution in [3.63, 3.8) is 0 Å². The minimum atomic E-state index is 0.421. The van der Waals surface area contributed by atoms with Crippen LogP contribution in [0.1, 0.15) is 22.2 Å². The molecule has 0 amide bonds. The minimum Gasteiger partial charge on any atom is -0.383 e. The minimum absolute atomic E-state index is 0.421. The molecule has 1 aromatic carbocycles. The van der Waals surface area contributed by atoms with Crippen molar-refractivity contribution in [1.82, 2.24) is 10.3 Å². The summed E-state index contributed by atoms with van der Waals surface area (Å²) in [4.78, 5) is 4.60. The number of hydrogen-bond acceptors (Lipinski definition) is 4. The molecule has 3 nitrogen and oxygen atoms in total. The maximum atomic E-state index is 5.09. The molecule has 2 rings (SSSR count). The number of benzene rings is 1. The number of methoxy groups -OCH3 is 1. The summed E-state index contributed by atoms with van der Waals surface area (Å²) in [5, 5.41) is 6.78. The summed E-state index contributed by atoms with van der Waals surface area (Å²) >= 11 is 5.30. The van der Waals surface area contributed by atoms with Gasteiger partial charge in [-0.1, -0.05) is 28.1 Å². The second-order valence-electron chi connectivity index (χ2n) is 5.04. The molecule has 0 aliphatic rings. The average molecular weight is 369 g/mol. The predicted octanol–water partition coefficient (Wildman–Crippen LogP) is 3.78. The van der Waals surface area contributed by atoms with E-state index in [1.54, 1.807) is 18.4 Å². The standard InChI is InChI=1S/C16H21BrN2OS/c1-12-11-21-16(19-12)9-14(10-18-6-7-20-2)13-4-3-5-15(17)8-13/h3-5,8,11,14,18H,6-7,9-10H2,1-2H3. The maximum absolute atomic E-state index is 5.09. The van der Waals surface area contributed by atoms with Crippen LogP contribution < -0.4 is 5.32 Å². The predicted molar refractivity (Wildman–Crippen MR) is 92.2 cm³/mol. The summed E-state index contributed by atoms with van der Waals surface area (Å²) in [5.41, 5.74) is 2.44. The number of ether oxygens (including phenoxy) is 1. The molecule has 114 valence electrons. The Hall–Kier alpha value is -0.750. The van der Waals surface area contributed by atoms with Gasteiger partial charge in [0.05, 0.1) is 11.6 Å². The second-order valence-corrected chi connectivity index (χ2v) is 6.89. The Balaban J connectivity index is 2.06.